The molecule has 0 fully saturated rings. The molecule has 1 aromatic carbocycles. The van der Waals surface area contributed by atoms with Gasteiger partial charge in [-0.15, -0.1) is 0 Å². The fourth-order valence-corrected chi connectivity index (χ4v) is 2.18. The Morgan fingerprint density at radius 3 is 2.54 bits per heavy atom. The molecular weight excluding hydrogens is 190 g/mol. The third kappa shape index (κ3) is 1.17. The zero-order chi connectivity index (χ0) is 9.47. The van der Waals surface area contributed by atoms with Crippen LogP contribution in [0, 0.1) is 0 Å². The number of carbonyl (C=O) groups is 1. The van der Waals surface area contributed by atoms with Crippen LogP contribution in [0.5, 0.6) is 0 Å². The molecule has 0 N–H and O–H groups in total. The first-order chi connectivity index (χ1) is 6.11. The standard InChI is InChI=1S/C8H5NO3S/c10-7-5-9-13(11,12)8-4-2-1-3-6(7)8/h1-5H. The number of nitrogens with zero attached hydrogens (tertiary/aromatic N) is 1. The Morgan fingerprint density at radius 1 is 1.15 bits per heavy atom. The van der Waals surface area contributed by atoms with Crippen molar-refractivity contribution in [2.45, 2.75) is 4.90 Å². The molecule has 0 saturated carbocycles. The lowest BCUT2D eigenvalue weighted by atomic mass is 10.1. The van der Waals surface area contributed by atoms with Gasteiger partial charge in [0.15, 0.2) is 0 Å². The van der Waals surface area contributed by atoms with Gasteiger partial charge in [-0.3, -0.25) is 4.79 Å². The molecule has 0 aromatic heterocycles. The van der Waals surface area contributed by atoms with Gasteiger partial charge in [-0.25, -0.2) is 0 Å². The second-order valence-corrected chi connectivity index (χ2v) is 4.17. The van der Waals surface area contributed by atoms with E-state index in [1.54, 1.807) is 12.1 Å². The summed E-state index contributed by atoms with van der Waals surface area (Å²) in [5, 5.41) is 0. The number of hydrogen-bond acceptors (Lipinski definition) is 3. The monoisotopic (exact) mass is 195 g/mol. The predicted molar refractivity (Wildman–Crippen MR) is 46.5 cm³/mol. The summed E-state index contributed by atoms with van der Waals surface area (Å²) in [6.07, 6.45) is 0.831. The van der Waals surface area contributed by atoms with Gasteiger partial charge >= 0.3 is 0 Å². The van der Waals surface area contributed by atoms with Crippen LogP contribution in [0.15, 0.2) is 33.6 Å². The SMILES string of the molecule is O=C1C=NS(=O)(=O)c2ccccc21. The van der Waals surface area contributed by atoms with Crippen LogP contribution in [0.3, 0.4) is 0 Å². The molecule has 0 atom stereocenters. The van der Waals surface area contributed by atoms with Crippen molar-refractivity contribution in [3.8, 4) is 0 Å². The Balaban J connectivity index is 2.83. The van der Waals surface area contributed by atoms with E-state index in [-0.39, 0.29) is 16.2 Å². The average Bonchev–Trinajstić information content (AvgIpc) is 2.13. The molecule has 2 rings (SSSR count). The fourth-order valence-electron chi connectivity index (χ4n) is 1.14. The van der Waals surface area contributed by atoms with Crippen molar-refractivity contribution in [1.82, 2.24) is 0 Å². The molecule has 0 radical (unpaired) electrons. The molecular formula is C8H5NO3S. The number of Topliss-reactive ketones (excluding diaryl/α,β-unsaturated/α-hetero) is 1. The van der Waals surface area contributed by atoms with E-state index in [1.165, 1.54) is 12.1 Å². The molecule has 66 valence electrons. The van der Waals surface area contributed by atoms with Gasteiger partial charge in [0.25, 0.3) is 10.0 Å². The van der Waals surface area contributed by atoms with Crippen LogP contribution in [0.4, 0.5) is 0 Å². The van der Waals surface area contributed by atoms with E-state index in [0.29, 0.717) is 0 Å². The van der Waals surface area contributed by atoms with Crippen LogP contribution in [-0.4, -0.2) is 20.4 Å². The highest BCUT2D eigenvalue weighted by Gasteiger charge is 2.24. The first-order valence-electron chi connectivity index (χ1n) is 3.55. The first-order valence-corrected chi connectivity index (χ1v) is 4.99. The van der Waals surface area contributed by atoms with Gasteiger partial charge in [-0.2, -0.15) is 12.8 Å². The van der Waals surface area contributed by atoms with Crippen LogP contribution in [-0.2, 0) is 10.0 Å². The fraction of sp³-hybridized carbons (Fsp3) is 0. The lowest BCUT2D eigenvalue weighted by Crippen LogP contribution is -2.14. The maximum absolute atomic E-state index is 11.3. The third-order valence-electron chi connectivity index (χ3n) is 1.74. The summed E-state index contributed by atoms with van der Waals surface area (Å²) in [6, 6.07) is 6.02. The van der Waals surface area contributed by atoms with Crippen molar-refractivity contribution in [2.75, 3.05) is 0 Å². The molecule has 1 heterocycles. The van der Waals surface area contributed by atoms with E-state index in [2.05, 4.69) is 4.40 Å². The summed E-state index contributed by atoms with van der Waals surface area (Å²) in [5.74, 6) is -0.370. The van der Waals surface area contributed by atoms with E-state index < -0.39 is 10.0 Å². The van der Waals surface area contributed by atoms with Gasteiger partial charge in [-0.05, 0) is 12.1 Å². The smallest absolute Gasteiger partial charge is 0.283 e. The van der Waals surface area contributed by atoms with Crippen molar-refractivity contribution in [2.24, 2.45) is 4.40 Å². The number of carbonyl (C=O) groups excluding carboxylic acids is 1. The van der Waals surface area contributed by atoms with Crippen LogP contribution in [0.1, 0.15) is 10.4 Å². The van der Waals surface area contributed by atoms with E-state index >= 15 is 0 Å². The normalized spacial score (nSPS) is 18.3. The maximum Gasteiger partial charge on any atom is 0.283 e. The molecule has 0 aliphatic carbocycles. The number of benzene rings is 1. The number of ketones is 1. The van der Waals surface area contributed by atoms with Gasteiger partial charge in [-0.1, -0.05) is 12.1 Å². The second kappa shape index (κ2) is 2.50. The van der Waals surface area contributed by atoms with Crippen molar-refractivity contribution < 1.29 is 13.2 Å². The molecule has 5 heteroatoms. The lowest BCUT2D eigenvalue weighted by molar-refractivity contribution is 0.106. The largest absolute Gasteiger partial charge is 0.287 e. The van der Waals surface area contributed by atoms with Gasteiger partial charge in [0.1, 0.15) is 4.90 Å². The number of hydrogen-bond donors (Lipinski definition) is 0. The number of sulfonamides is 1. The summed E-state index contributed by atoms with van der Waals surface area (Å²) in [7, 11) is -3.63. The van der Waals surface area contributed by atoms with Crippen molar-refractivity contribution in [1.29, 1.82) is 0 Å². The molecule has 0 amide bonds. The number of rotatable bonds is 0. The molecule has 0 spiro atoms. The van der Waals surface area contributed by atoms with E-state index in [1.807, 2.05) is 0 Å². The quantitative estimate of drug-likeness (QED) is 0.610. The van der Waals surface area contributed by atoms with Crippen molar-refractivity contribution in [3.05, 3.63) is 29.8 Å². The molecule has 1 aromatic rings. The predicted octanol–water partition coefficient (Wildman–Crippen LogP) is 0.642. The van der Waals surface area contributed by atoms with Crippen LogP contribution in [0.2, 0.25) is 0 Å². The maximum atomic E-state index is 11.3. The Kier molecular flexibility index (Phi) is 1.56. The van der Waals surface area contributed by atoms with E-state index in [0.717, 1.165) is 6.21 Å². The number of fused-ring (bicyclic) bond motifs is 1. The van der Waals surface area contributed by atoms with E-state index in [4.69, 9.17) is 0 Å². The molecule has 0 saturated heterocycles. The molecule has 0 bridgehead atoms. The van der Waals surface area contributed by atoms with Crippen LogP contribution in [0.25, 0.3) is 0 Å². The van der Waals surface area contributed by atoms with Crippen molar-refractivity contribution in [3.63, 3.8) is 0 Å². The van der Waals surface area contributed by atoms with Gasteiger partial charge in [0.05, 0.1) is 6.21 Å². The summed E-state index contributed by atoms with van der Waals surface area (Å²) in [5.41, 5.74) is 0.192. The first kappa shape index (κ1) is 8.12. The molecule has 4 nitrogen and oxygen atoms in total. The topological polar surface area (TPSA) is 63.6 Å². The average molecular weight is 195 g/mol. The second-order valence-electron chi connectivity index (χ2n) is 2.57. The third-order valence-corrected chi connectivity index (χ3v) is 3.03. The lowest BCUT2D eigenvalue weighted by Gasteiger charge is -2.07. The summed E-state index contributed by atoms with van der Waals surface area (Å²) >= 11 is 0. The summed E-state index contributed by atoms with van der Waals surface area (Å²) < 4.78 is 25.7. The van der Waals surface area contributed by atoms with Crippen molar-refractivity contribution >= 4 is 22.0 Å². The van der Waals surface area contributed by atoms with Gasteiger partial charge in [0.2, 0.25) is 5.78 Å². The highest BCUT2D eigenvalue weighted by Crippen LogP contribution is 2.20. The summed E-state index contributed by atoms with van der Waals surface area (Å²) in [6.45, 7) is 0. The minimum atomic E-state index is -3.63. The molecule has 13 heavy (non-hydrogen) atoms. The molecule has 1 aliphatic rings. The van der Waals surface area contributed by atoms with Gasteiger partial charge < -0.3 is 0 Å². The Bertz CT molecular complexity index is 502. The molecule has 1 aliphatic heterocycles. The minimum absolute atomic E-state index is 0.0116. The van der Waals surface area contributed by atoms with Gasteiger partial charge in [0, 0.05) is 5.56 Å². The minimum Gasteiger partial charge on any atom is -0.287 e. The Labute approximate surface area is 75.0 Å². The molecule has 0 unspecified atom stereocenters. The zero-order valence-corrected chi connectivity index (χ0v) is 7.28. The summed E-state index contributed by atoms with van der Waals surface area (Å²) in [4.78, 5) is 11.1. The van der Waals surface area contributed by atoms with Crippen LogP contribution < -0.4 is 0 Å². The zero-order valence-electron chi connectivity index (χ0n) is 6.47. The highest BCUT2D eigenvalue weighted by atomic mass is 32.2. The highest BCUT2D eigenvalue weighted by molar-refractivity contribution is 7.90. The Morgan fingerprint density at radius 2 is 1.85 bits per heavy atom. The van der Waals surface area contributed by atoms with Crippen LogP contribution >= 0.6 is 0 Å². The van der Waals surface area contributed by atoms with E-state index in [9.17, 15) is 13.2 Å². The Hall–Kier alpha value is -1.49.